The predicted octanol–water partition coefficient (Wildman–Crippen LogP) is 5.55. The first-order chi connectivity index (χ1) is 12.7. The van der Waals surface area contributed by atoms with Gasteiger partial charge in [-0.3, -0.25) is 0 Å². The quantitative estimate of drug-likeness (QED) is 0.445. The van der Waals surface area contributed by atoms with Crippen LogP contribution >= 0.6 is 11.8 Å². The minimum absolute atomic E-state index is 0.255. The van der Waals surface area contributed by atoms with Gasteiger partial charge in [0.25, 0.3) is 0 Å². The Bertz CT molecular complexity index is 1090. The number of imidazole rings is 1. The molecule has 130 valence electrons. The molecule has 0 aliphatic heterocycles. The van der Waals surface area contributed by atoms with Gasteiger partial charge in [-0.1, -0.05) is 43.3 Å². The topological polar surface area (TPSA) is 30.7 Å². The molecular formula is C21H18FN3S. The zero-order valence-corrected chi connectivity index (χ0v) is 15.4. The summed E-state index contributed by atoms with van der Waals surface area (Å²) in [6.07, 6.45) is 1.71. The lowest BCUT2D eigenvalue weighted by atomic mass is 10.1. The Kier molecular flexibility index (Phi) is 4.47. The average molecular weight is 363 g/mol. The SMILES string of the molecule is CCSc1ccccc1-c1nc2cc(-c3ccccc3F)cnc2n1C. The van der Waals surface area contributed by atoms with E-state index in [0.717, 1.165) is 33.9 Å². The van der Waals surface area contributed by atoms with Crippen molar-refractivity contribution in [1.82, 2.24) is 14.5 Å². The van der Waals surface area contributed by atoms with E-state index in [1.807, 2.05) is 35.9 Å². The van der Waals surface area contributed by atoms with E-state index in [9.17, 15) is 4.39 Å². The van der Waals surface area contributed by atoms with Crippen molar-refractivity contribution in [2.45, 2.75) is 11.8 Å². The molecule has 0 N–H and O–H groups in total. The first-order valence-electron chi connectivity index (χ1n) is 8.48. The zero-order valence-electron chi connectivity index (χ0n) is 14.6. The number of aromatic nitrogens is 3. The molecule has 5 heteroatoms. The predicted molar refractivity (Wildman–Crippen MR) is 106 cm³/mol. The molecule has 0 fully saturated rings. The molecule has 0 saturated carbocycles. The van der Waals surface area contributed by atoms with Gasteiger partial charge < -0.3 is 4.57 Å². The largest absolute Gasteiger partial charge is 0.312 e. The monoisotopic (exact) mass is 363 g/mol. The summed E-state index contributed by atoms with van der Waals surface area (Å²) in [5.41, 5.74) is 3.91. The summed E-state index contributed by atoms with van der Waals surface area (Å²) < 4.78 is 16.1. The Morgan fingerprint density at radius 3 is 2.54 bits per heavy atom. The Morgan fingerprint density at radius 2 is 1.77 bits per heavy atom. The van der Waals surface area contributed by atoms with E-state index in [-0.39, 0.29) is 5.82 Å². The van der Waals surface area contributed by atoms with E-state index in [1.54, 1.807) is 30.1 Å². The van der Waals surface area contributed by atoms with Gasteiger partial charge in [-0.15, -0.1) is 11.8 Å². The van der Waals surface area contributed by atoms with Crippen molar-refractivity contribution in [2.24, 2.45) is 7.05 Å². The molecule has 0 amide bonds. The molecule has 26 heavy (non-hydrogen) atoms. The van der Waals surface area contributed by atoms with Crippen molar-refractivity contribution in [3.05, 3.63) is 66.6 Å². The summed E-state index contributed by atoms with van der Waals surface area (Å²) in [5.74, 6) is 1.61. The summed E-state index contributed by atoms with van der Waals surface area (Å²) in [6.45, 7) is 2.14. The third-order valence-corrected chi connectivity index (χ3v) is 5.28. The molecule has 0 unspecified atom stereocenters. The van der Waals surface area contributed by atoms with Crippen molar-refractivity contribution in [3.8, 4) is 22.5 Å². The summed E-state index contributed by atoms with van der Waals surface area (Å²) in [5, 5.41) is 0. The lowest BCUT2D eigenvalue weighted by Gasteiger charge is -2.07. The second kappa shape index (κ2) is 6.92. The molecular weight excluding hydrogens is 345 g/mol. The number of nitrogens with zero attached hydrogens (tertiary/aromatic N) is 3. The van der Waals surface area contributed by atoms with Gasteiger partial charge in [0.05, 0.1) is 0 Å². The summed E-state index contributed by atoms with van der Waals surface area (Å²) >= 11 is 1.79. The van der Waals surface area contributed by atoms with Crippen LogP contribution < -0.4 is 0 Å². The van der Waals surface area contributed by atoms with E-state index in [4.69, 9.17) is 4.98 Å². The highest BCUT2D eigenvalue weighted by molar-refractivity contribution is 7.99. The maximum Gasteiger partial charge on any atom is 0.160 e. The standard InChI is InChI=1S/C21H18FN3S/c1-3-26-19-11-7-5-9-16(19)20-24-18-12-14(13-23-21(18)25(20)2)15-8-4-6-10-17(15)22/h4-13H,3H2,1-2H3. The van der Waals surface area contributed by atoms with Crippen LogP contribution in [0.25, 0.3) is 33.7 Å². The third kappa shape index (κ3) is 2.88. The molecule has 0 radical (unpaired) electrons. The fourth-order valence-electron chi connectivity index (χ4n) is 3.09. The minimum Gasteiger partial charge on any atom is -0.312 e. The van der Waals surface area contributed by atoms with E-state index in [1.165, 1.54) is 11.0 Å². The van der Waals surface area contributed by atoms with Crippen LogP contribution in [-0.4, -0.2) is 20.3 Å². The number of halogens is 1. The first kappa shape index (κ1) is 16.8. The molecule has 0 saturated heterocycles. The van der Waals surface area contributed by atoms with Gasteiger partial charge in [0.15, 0.2) is 5.65 Å². The van der Waals surface area contributed by atoms with Crippen molar-refractivity contribution in [3.63, 3.8) is 0 Å². The number of rotatable bonds is 4. The summed E-state index contributed by atoms with van der Waals surface area (Å²) in [7, 11) is 1.97. The Hall–Kier alpha value is -2.66. The first-order valence-corrected chi connectivity index (χ1v) is 9.47. The van der Waals surface area contributed by atoms with Gasteiger partial charge in [-0.25, -0.2) is 14.4 Å². The number of thioether (sulfide) groups is 1. The fourth-order valence-corrected chi connectivity index (χ4v) is 3.89. The zero-order chi connectivity index (χ0) is 18.1. The van der Waals surface area contributed by atoms with Gasteiger partial charge >= 0.3 is 0 Å². The van der Waals surface area contributed by atoms with E-state index < -0.39 is 0 Å². The number of hydrogen-bond donors (Lipinski definition) is 0. The number of benzene rings is 2. The molecule has 2 aromatic carbocycles. The molecule has 4 aromatic rings. The highest BCUT2D eigenvalue weighted by atomic mass is 32.2. The fraction of sp³-hybridized carbons (Fsp3) is 0.143. The molecule has 0 aliphatic rings. The van der Waals surface area contributed by atoms with Gasteiger partial charge in [0, 0.05) is 34.8 Å². The maximum atomic E-state index is 14.1. The second-order valence-corrected chi connectivity index (χ2v) is 7.28. The molecule has 0 bridgehead atoms. The van der Waals surface area contributed by atoms with Gasteiger partial charge in [-0.05, 0) is 24.0 Å². The van der Waals surface area contributed by atoms with E-state index in [0.29, 0.717) is 5.56 Å². The summed E-state index contributed by atoms with van der Waals surface area (Å²) in [6, 6.07) is 16.9. The van der Waals surface area contributed by atoms with Crippen molar-refractivity contribution < 1.29 is 4.39 Å². The van der Waals surface area contributed by atoms with Crippen LogP contribution in [0.4, 0.5) is 4.39 Å². The Morgan fingerprint density at radius 1 is 1.04 bits per heavy atom. The molecule has 0 aliphatic carbocycles. The highest BCUT2D eigenvalue weighted by Gasteiger charge is 2.15. The Balaban J connectivity index is 1.87. The molecule has 0 spiro atoms. The molecule has 2 heterocycles. The maximum absolute atomic E-state index is 14.1. The van der Waals surface area contributed by atoms with Gasteiger partial charge in [-0.2, -0.15) is 0 Å². The number of fused-ring (bicyclic) bond motifs is 1. The molecule has 2 aromatic heterocycles. The summed E-state index contributed by atoms with van der Waals surface area (Å²) in [4.78, 5) is 10.5. The van der Waals surface area contributed by atoms with Crippen molar-refractivity contribution in [2.75, 3.05) is 5.75 Å². The smallest absolute Gasteiger partial charge is 0.160 e. The van der Waals surface area contributed by atoms with Gasteiger partial charge in [0.2, 0.25) is 0 Å². The van der Waals surface area contributed by atoms with E-state index >= 15 is 0 Å². The average Bonchev–Trinajstić information content (AvgIpc) is 2.99. The number of aryl methyl sites for hydroxylation is 1. The van der Waals surface area contributed by atoms with Gasteiger partial charge in [0.1, 0.15) is 17.2 Å². The number of pyridine rings is 1. The highest BCUT2D eigenvalue weighted by Crippen LogP contribution is 2.33. The van der Waals surface area contributed by atoms with Crippen LogP contribution in [0.15, 0.2) is 65.7 Å². The van der Waals surface area contributed by atoms with Crippen LogP contribution in [0.2, 0.25) is 0 Å². The Labute approximate surface area is 155 Å². The van der Waals surface area contributed by atoms with Crippen LogP contribution in [-0.2, 0) is 7.05 Å². The number of hydrogen-bond acceptors (Lipinski definition) is 3. The lowest BCUT2D eigenvalue weighted by molar-refractivity contribution is 0.631. The van der Waals surface area contributed by atoms with Crippen molar-refractivity contribution in [1.29, 1.82) is 0 Å². The normalized spacial score (nSPS) is 11.2. The third-order valence-electron chi connectivity index (χ3n) is 4.32. The minimum atomic E-state index is -0.255. The van der Waals surface area contributed by atoms with Crippen LogP contribution in [0.1, 0.15) is 6.92 Å². The molecule has 0 atom stereocenters. The van der Waals surface area contributed by atoms with Crippen molar-refractivity contribution >= 4 is 22.9 Å². The lowest BCUT2D eigenvalue weighted by Crippen LogP contribution is -1.95. The second-order valence-electron chi connectivity index (χ2n) is 5.97. The van der Waals surface area contributed by atoms with E-state index in [2.05, 4.69) is 24.0 Å². The molecule has 3 nitrogen and oxygen atoms in total. The van der Waals surface area contributed by atoms with Crippen LogP contribution in [0.5, 0.6) is 0 Å². The molecule has 4 rings (SSSR count). The van der Waals surface area contributed by atoms with Crippen LogP contribution in [0, 0.1) is 5.82 Å². The van der Waals surface area contributed by atoms with Crippen LogP contribution in [0.3, 0.4) is 0 Å².